The van der Waals surface area contributed by atoms with E-state index >= 15 is 0 Å². The van der Waals surface area contributed by atoms with Crippen LogP contribution in [-0.2, 0) is 14.3 Å². The van der Waals surface area contributed by atoms with Crippen LogP contribution in [0.1, 0.15) is 19.3 Å². The normalized spacial score (nSPS) is 29.2. The van der Waals surface area contributed by atoms with E-state index in [0.29, 0.717) is 24.4 Å². The first-order chi connectivity index (χ1) is 10.3. The van der Waals surface area contributed by atoms with Crippen LogP contribution in [0.4, 0.5) is 0 Å². The largest absolute Gasteiger partial charge is 0.381 e. The fraction of sp³-hybridized carbons (Fsp3) is 0.933. The number of nitrogens with one attached hydrogen (secondary N) is 1. The second-order valence-electron chi connectivity index (χ2n) is 6.25. The van der Waals surface area contributed by atoms with Gasteiger partial charge in [-0.2, -0.15) is 0 Å². The molecule has 0 aromatic carbocycles. The van der Waals surface area contributed by atoms with Crippen molar-refractivity contribution in [1.29, 1.82) is 0 Å². The summed E-state index contributed by atoms with van der Waals surface area (Å²) in [5.74, 6) is 0.299. The zero-order valence-corrected chi connectivity index (χ0v) is 12.8. The summed E-state index contributed by atoms with van der Waals surface area (Å²) in [5.41, 5.74) is 0. The molecule has 3 fully saturated rings. The minimum Gasteiger partial charge on any atom is -0.381 e. The third kappa shape index (κ3) is 4.39. The number of nitrogens with zero attached hydrogens (tertiary/aromatic N) is 2. The molecule has 120 valence electrons. The van der Waals surface area contributed by atoms with Gasteiger partial charge in [0.2, 0.25) is 5.91 Å². The highest BCUT2D eigenvalue weighted by atomic mass is 16.5. The van der Waals surface area contributed by atoms with Gasteiger partial charge in [0.1, 0.15) is 0 Å². The summed E-state index contributed by atoms with van der Waals surface area (Å²) in [6.45, 7) is 8.00. The third-order valence-corrected chi connectivity index (χ3v) is 4.70. The highest BCUT2D eigenvalue weighted by Crippen LogP contribution is 2.15. The molecule has 6 nitrogen and oxygen atoms in total. The Balaban J connectivity index is 1.39. The summed E-state index contributed by atoms with van der Waals surface area (Å²) in [5, 5.41) is 3.64. The lowest BCUT2D eigenvalue weighted by Gasteiger charge is -2.29. The quantitative estimate of drug-likeness (QED) is 0.754. The van der Waals surface area contributed by atoms with E-state index in [-0.39, 0.29) is 0 Å². The first kappa shape index (κ1) is 15.2. The van der Waals surface area contributed by atoms with Gasteiger partial charge in [-0.1, -0.05) is 0 Å². The van der Waals surface area contributed by atoms with E-state index in [2.05, 4.69) is 10.2 Å². The molecule has 6 heteroatoms. The molecule has 0 spiro atoms. The lowest BCUT2D eigenvalue weighted by molar-refractivity contribution is -0.128. The van der Waals surface area contributed by atoms with Crippen molar-refractivity contribution in [3.63, 3.8) is 0 Å². The molecule has 0 saturated carbocycles. The summed E-state index contributed by atoms with van der Waals surface area (Å²) in [7, 11) is 0. The van der Waals surface area contributed by atoms with Crippen LogP contribution in [0.3, 0.4) is 0 Å². The van der Waals surface area contributed by atoms with Gasteiger partial charge in [0.25, 0.3) is 0 Å². The molecule has 1 N–H and O–H groups in total. The molecule has 3 rings (SSSR count). The molecule has 3 saturated heterocycles. The van der Waals surface area contributed by atoms with Gasteiger partial charge < -0.3 is 19.7 Å². The maximum absolute atomic E-state index is 12.1. The lowest BCUT2D eigenvalue weighted by atomic mass is 10.1. The van der Waals surface area contributed by atoms with Crippen LogP contribution < -0.4 is 5.32 Å². The average molecular weight is 297 g/mol. The molecule has 0 aromatic rings. The Morgan fingerprint density at radius 1 is 1.00 bits per heavy atom. The van der Waals surface area contributed by atoms with Gasteiger partial charge in [0.15, 0.2) is 0 Å². The van der Waals surface area contributed by atoms with Crippen molar-refractivity contribution in [3.8, 4) is 0 Å². The van der Waals surface area contributed by atoms with E-state index in [1.807, 2.05) is 4.90 Å². The predicted octanol–water partition coefficient (Wildman–Crippen LogP) is -0.312. The molecule has 0 aliphatic carbocycles. The van der Waals surface area contributed by atoms with Gasteiger partial charge in [-0.25, -0.2) is 0 Å². The third-order valence-electron chi connectivity index (χ3n) is 4.70. The number of carbonyl (C=O) groups is 1. The number of rotatable bonds is 5. The Hall–Kier alpha value is -0.690. The Labute approximate surface area is 126 Å². The fourth-order valence-electron chi connectivity index (χ4n) is 3.38. The summed E-state index contributed by atoms with van der Waals surface area (Å²) in [6, 6.07) is 0.848. The second kappa shape index (κ2) is 7.54. The Morgan fingerprint density at radius 3 is 2.48 bits per heavy atom. The molecule has 1 atom stereocenters. The fourth-order valence-corrected chi connectivity index (χ4v) is 3.38. The van der Waals surface area contributed by atoms with Crippen LogP contribution in [0.5, 0.6) is 0 Å². The molecular formula is C15H27N3O3. The molecule has 0 aromatic heterocycles. The lowest BCUT2D eigenvalue weighted by Crippen LogP contribution is -2.44. The summed E-state index contributed by atoms with van der Waals surface area (Å²) in [4.78, 5) is 16.5. The number of morpholine rings is 1. The Kier molecular flexibility index (Phi) is 5.46. The van der Waals surface area contributed by atoms with Crippen molar-refractivity contribution < 1.29 is 14.3 Å². The molecule has 3 heterocycles. The molecule has 21 heavy (non-hydrogen) atoms. The van der Waals surface area contributed by atoms with E-state index in [9.17, 15) is 4.79 Å². The summed E-state index contributed by atoms with van der Waals surface area (Å²) < 4.78 is 10.7. The SMILES string of the molecule is O=C1C[C@H](NC2CCOCC2)CN1CCN1CCOCC1. The highest BCUT2D eigenvalue weighted by molar-refractivity contribution is 5.79. The molecule has 0 radical (unpaired) electrons. The van der Waals surface area contributed by atoms with Crippen LogP contribution >= 0.6 is 0 Å². The first-order valence-corrected chi connectivity index (χ1v) is 8.23. The maximum atomic E-state index is 12.1. The maximum Gasteiger partial charge on any atom is 0.224 e. The number of hydrogen-bond donors (Lipinski definition) is 1. The molecule has 0 unspecified atom stereocenters. The van der Waals surface area contributed by atoms with Crippen LogP contribution in [-0.4, -0.2) is 86.9 Å². The number of likely N-dealkylation sites (tertiary alicyclic amines) is 1. The molecule has 3 aliphatic heterocycles. The minimum absolute atomic E-state index is 0.299. The monoisotopic (exact) mass is 297 g/mol. The van der Waals surface area contributed by atoms with Crippen molar-refractivity contribution in [2.45, 2.75) is 31.3 Å². The van der Waals surface area contributed by atoms with Crippen molar-refractivity contribution in [2.75, 3.05) is 59.2 Å². The van der Waals surface area contributed by atoms with Gasteiger partial charge in [0, 0.05) is 64.4 Å². The van der Waals surface area contributed by atoms with Gasteiger partial charge in [0.05, 0.1) is 13.2 Å². The smallest absolute Gasteiger partial charge is 0.224 e. The van der Waals surface area contributed by atoms with Gasteiger partial charge in [-0.05, 0) is 12.8 Å². The number of ether oxygens (including phenoxy) is 2. The second-order valence-corrected chi connectivity index (χ2v) is 6.25. The van der Waals surface area contributed by atoms with Crippen molar-refractivity contribution in [1.82, 2.24) is 15.1 Å². The van der Waals surface area contributed by atoms with Crippen LogP contribution in [0.25, 0.3) is 0 Å². The molecule has 3 aliphatic rings. The van der Waals surface area contributed by atoms with E-state index < -0.39 is 0 Å². The Morgan fingerprint density at radius 2 is 1.71 bits per heavy atom. The highest BCUT2D eigenvalue weighted by Gasteiger charge is 2.31. The van der Waals surface area contributed by atoms with E-state index in [4.69, 9.17) is 9.47 Å². The van der Waals surface area contributed by atoms with Crippen LogP contribution in [0.15, 0.2) is 0 Å². The number of amides is 1. The molecular weight excluding hydrogens is 270 g/mol. The minimum atomic E-state index is 0.299. The van der Waals surface area contributed by atoms with E-state index in [1.165, 1.54) is 0 Å². The van der Waals surface area contributed by atoms with Crippen LogP contribution in [0, 0.1) is 0 Å². The molecule has 0 bridgehead atoms. The van der Waals surface area contributed by atoms with Crippen LogP contribution in [0.2, 0.25) is 0 Å². The van der Waals surface area contributed by atoms with Gasteiger partial charge in [-0.15, -0.1) is 0 Å². The van der Waals surface area contributed by atoms with E-state index in [0.717, 1.165) is 72.0 Å². The topological polar surface area (TPSA) is 54.0 Å². The zero-order valence-electron chi connectivity index (χ0n) is 12.8. The standard InChI is InChI=1S/C15H27N3O3/c19-15-11-14(16-13-1-7-20-8-2-13)12-18(15)4-3-17-5-9-21-10-6-17/h13-14,16H,1-12H2/t14-/m0/s1. The summed E-state index contributed by atoms with van der Waals surface area (Å²) in [6.07, 6.45) is 2.79. The van der Waals surface area contributed by atoms with E-state index in [1.54, 1.807) is 0 Å². The van der Waals surface area contributed by atoms with Crippen molar-refractivity contribution in [2.24, 2.45) is 0 Å². The first-order valence-electron chi connectivity index (χ1n) is 8.23. The zero-order chi connectivity index (χ0) is 14.5. The number of carbonyl (C=O) groups excluding carboxylic acids is 1. The van der Waals surface area contributed by atoms with Gasteiger partial charge >= 0.3 is 0 Å². The number of hydrogen-bond acceptors (Lipinski definition) is 5. The summed E-state index contributed by atoms with van der Waals surface area (Å²) >= 11 is 0. The van der Waals surface area contributed by atoms with Crippen molar-refractivity contribution in [3.05, 3.63) is 0 Å². The molecule has 1 amide bonds. The average Bonchev–Trinajstić information content (AvgIpc) is 2.87. The predicted molar refractivity (Wildman–Crippen MR) is 79.2 cm³/mol. The van der Waals surface area contributed by atoms with Crippen molar-refractivity contribution >= 4 is 5.91 Å². The Bertz CT molecular complexity index is 341. The van der Waals surface area contributed by atoms with Gasteiger partial charge in [-0.3, -0.25) is 9.69 Å².